The minimum atomic E-state index is -0.129. The summed E-state index contributed by atoms with van der Waals surface area (Å²) in [6.07, 6.45) is 3.57. The average molecular weight is 386 g/mol. The summed E-state index contributed by atoms with van der Waals surface area (Å²) in [6.45, 7) is 0.713. The molecule has 2 heterocycles. The molecular weight excluding hydrogens is 369 g/mol. The van der Waals surface area contributed by atoms with E-state index < -0.39 is 0 Å². The molecule has 0 aliphatic rings. The van der Waals surface area contributed by atoms with E-state index in [0.717, 1.165) is 11.4 Å². The maximum absolute atomic E-state index is 7.19. The molecular formula is C14H17Cl2N7S. The summed E-state index contributed by atoms with van der Waals surface area (Å²) in [6, 6.07) is 10.1. The fraction of sp³-hybridized carbons (Fsp3) is 0.0714. The molecule has 0 radical (unpaired) electrons. The monoisotopic (exact) mass is 385 g/mol. The number of nitrogens with two attached hydrogens (primary N) is 1. The predicted octanol–water partition coefficient (Wildman–Crippen LogP) is 2.90. The Morgan fingerprint density at radius 3 is 2.67 bits per heavy atom. The lowest BCUT2D eigenvalue weighted by Gasteiger charge is -2.05. The maximum atomic E-state index is 7.19. The molecule has 7 nitrogen and oxygen atoms in total. The van der Waals surface area contributed by atoms with Crippen molar-refractivity contribution in [1.82, 2.24) is 14.6 Å². The first kappa shape index (κ1) is 19.8. The molecule has 0 saturated carbocycles. The molecule has 0 atom stereocenters. The molecule has 128 valence electrons. The van der Waals surface area contributed by atoms with Crippen molar-refractivity contribution in [1.29, 1.82) is 5.41 Å². The van der Waals surface area contributed by atoms with Crippen molar-refractivity contribution >= 4 is 47.2 Å². The van der Waals surface area contributed by atoms with E-state index in [1.54, 1.807) is 11.0 Å². The first-order valence-corrected chi connectivity index (χ1v) is 7.47. The highest BCUT2D eigenvalue weighted by atomic mass is 35.5. The minimum Gasteiger partial charge on any atom is -0.370 e. The average Bonchev–Trinajstić information content (AvgIpc) is 3.14. The van der Waals surface area contributed by atoms with Gasteiger partial charge in [0.1, 0.15) is 17.7 Å². The van der Waals surface area contributed by atoms with Crippen LogP contribution in [0.15, 0.2) is 48.2 Å². The van der Waals surface area contributed by atoms with Gasteiger partial charge >= 0.3 is 0 Å². The van der Waals surface area contributed by atoms with Crippen LogP contribution in [0.2, 0.25) is 0 Å². The lowest BCUT2D eigenvalue weighted by molar-refractivity contribution is 0.839. The number of aromatic nitrogens is 3. The van der Waals surface area contributed by atoms with Gasteiger partial charge in [-0.15, -0.1) is 36.2 Å². The summed E-state index contributed by atoms with van der Waals surface area (Å²) >= 11 is 1.38. The van der Waals surface area contributed by atoms with Gasteiger partial charge in [-0.05, 0) is 5.56 Å². The van der Waals surface area contributed by atoms with Gasteiger partial charge in [0, 0.05) is 5.38 Å². The van der Waals surface area contributed by atoms with Crippen molar-refractivity contribution in [3.05, 3.63) is 53.8 Å². The highest BCUT2D eigenvalue weighted by Gasteiger charge is 2.08. The number of halogens is 2. The quantitative estimate of drug-likeness (QED) is 0.399. The van der Waals surface area contributed by atoms with Crippen LogP contribution in [0.5, 0.6) is 0 Å². The lowest BCUT2D eigenvalue weighted by Crippen LogP contribution is -2.20. The zero-order chi connectivity index (χ0) is 15.4. The summed E-state index contributed by atoms with van der Waals surface area (Å²) in [5.74, 6) is -0.129. The number of nitrogens with one attached hydrogen (secondary N) is 3. The Morgan fingerprint density at radius 2 is 1.96 bits per heavy atom. The Kier molecular flexibility index (Phi) is 7.50. The third-order valence-electron chi connectivity index (χ3n) is 2.90. The van der Waals surface area contributed by atoms with Crippen molar-refractivity contribution in [2.45, 2.75) is 6.54 Å². The summed E-state index contributed by atoms with van der Waals surface area (Å²) in [5.41, 5.74) is 11.2. The van der Waals surface area contributed by atoms with Gasteiger partial charge in [0.25, 0.3) is 0 Å². The summed E-state index contributed by atoms with van der Waals surface area (Å²) in [7, 11) is 0. The van der Waals surface area contributed by atoms with Gasteiger partial charge in [-0.25, -0.2) is 9.97 Å². The van der Waals surface area contributed by atoms with E-state index >= 15 is 0 Å². The van der Waals surface area contributed by atoms with Crippen molar-refractivity contribution in [2.75, 3.05) is 10.7 Å². The van der Waals surface area contributed by atoms with E-state index in [0.29, 0.717) is 11.7 Å². The number of hydrogen-bond acceptors (Lipinski definition) is 5. The molecule has 10 heteroatoms. The van der Waals surface area contributed by atoms with Crippen LogP contribution in [-0.2, 0) is 6.54 Å². The van der Waals surface area contributed by atoms with Gasteiger partial charge in [0.15, 0.2) is 11.1 Å². The van der Waals surface area contributed by atoms with Crippen LogP contribution < -0.4 is 16.5 Å². The van der Waals surface area contributed by atoms with Crippen molar-refractivity contribution in [3.63, 3.8) is 0 Å². The normalized spacial score (nSPS) is 9.50. The molecule has 0 spiro atoms. The van der Waals surface area contributed by atoms with E-state index in [9.17, 15) is 0 Å². The van der Waals surface area contributed by atoms with E-state index in [1.807, 2.05) is 29.8 Å². The molecule has 0 aliphatic carbocycles. The highest BCUT2D eigenvalue weighted by molar-refractivity contribution is 7.14. The van der Waals surface area contributed by atoms with E-state index in [-0.39, 0.29) is 30.8 Å². The molecule has 0 saturated heterocycles. The molecule has 0 amide bonds. The second-order valence-corrected chi connectivity index (χ2v) is 5.42. The molecule has 3 aromatic rings. The Labute approximate surface area is 155 Å². The molecule has 3 rings (SSSR count). The second-order valence-electron chi connectivity index (χ2n) is 4.56. The number of benzene rings is 1. The summed E-state index contributed by atoms with van der Waals surface area (Å²) in [4.78, 5) is 8.66. The molecule has 5 N–H and O–H groups in total. The predicted molar refractivity (Wildman–Crippen MR) is 103 cm³/mol. The highest BCUT2D eigenvalue weighted by Crippen LogP contribution is 2.23. The van der Waals surface area contributed by atoms with E-state index in [4.69, 9.17) is 11.1 Å². The minimum absolute atomic E-state index is 0. The Bertz CT molecular complexity index is 772. The Morgan fingerprint density at radius 1 is 1.21 bits per heavy atom. The van der Waals surface area contributed by atoms with Crippen molar-refractivity contribution < 1.29 is 0 Å². The van der Waals surface area contributed by atoms with Crippen LogP contribution >= 0.6 is 36.2 Å². The molecule has 0 fully saturated rings. The first-order valence-electron chi connectivity index (χ1n) is 6.59. The van der Waals surface area contributed by atoms with Gasteiger partial charge in [0.2, 0.25) is 0 Å². The number of anilines is 1. The van der Waals surface area contributed by atoms with Gasteiger partial charge in [-0.1, -0.05) is 30.3 Å². The zero-order valence-corrected chi connectivity index (χ0v) is 14.9. The molecule has 24 heavy (non-hydrogen) atoms. The van der Waals surface area contributed by atoms with Crippen LogP contribution in [0.25, 0.3) is 11.4 Å². The molecule has 0 aliphatic heterocycles. The number of nitrogens with zero attached hydrogens (tertiary/aromatic N) is 3. The SMILES string of the molecule is Cl.Cl.N=C(N)Nc1nc(-c2cn(NCc3ccccc3)cn2)cs1. The smallest absolute Gasteiger partial charge is 0.192 e. The van der Waals surface area contributed by atoms with Gasteiger partial charge in [-0.3, -0.25) is 10.1 Å². The van der Waals surface area contributed by atoms with Crippen molar-refractivity contribution in [2.24, 2.45) is 5.73 Å². The largest absolute Gasteiger partial charge is 0.370 e. The van der Waals surface area contributed by atoms with E-state index in [1.165, 1.54) is 16.9 Å². The number of hydrogen-bond donors (Lipinski definition) is 4. The second kappa shape index (κ2) is 9.11. The van der Waals surface area contributed by atoms with Gasteiger partial charge in [-0.2, -0.15) is 0 Å². The third-order valence-corrected chi connectivity index (χ3v) is 3.66. The van der Waals surface area contributed by atoms with Crippen LogP contribution in [0.4, 0.5) is 5.13 Å². The topological polar surface area (TPSA) is 105 Å². The van der Waals surface area contributed by atoms with Crippen LogP contribution in [0.3, 0.4) is 0 Å². The number of guanidine groups is 1. The number of rotatable bonds is 5. The summed E-state index contributed by atoms with van der Waals surface area (Å²) < 4.78 is 1.81. The number of imidazole rings is 1. The standard InChI is InChI=1S/C14H15N7S.2ClH/c15-13(16)20-14-19-12(8-22-14)11-7-21(9-17-11)18-6-10-4-2-1-3-5-10;;/h1-5,7-9,18H,6H2,(H4,15,16,19,20);2*1H. The molecule has 1 aromatic carbocycles. The Balaban J connectivity index is 0.00000144. The Hall–Kier alpha value is -2.29. The summed E-state index contributed by atoms with van der Waals surface area (Å²) in [5, 5.41) is 12.3. The third kappa shape index (κ3) is 5.12. The van der Waals surface area contributed by atoms with Gasteiger partial charge in [0.05, 0.1) is 12.7 Å². The fourth-order valence-electron chi connectivity index (χ4n) is 1.88. The van der Waals surface area contributed by atoms with Crippen LogP contribution in [0.1, 0.15) is 5.56 Å². The lowest BCUT2D eigenvalue weighted by atomic mass is 10.2. The zero-order valence-electron chi connectivity index (χ0n) is 12.5. The molecule has 2 aromatic heterocycles. The molecule has 0 bridgehead atoms. The maximum Gasteiger partial charge on any atom is 0.192 e. The fourth-order valence-corrected chi connectivity index (χ4v) is 2.60. The van der Waals surface area contributed by atoms with Crippen LogP contribution in [-0.4, -0.2) is 20.6 Å². The van der Waals surface area contributed by atoms with Gasteiger partial charge < -0.3 is 16.5 Å². The van der Waals surface area contributed by atoms with Crippen LogP contribution in [0, 0.1) is 5.41 Å². The number of thiazole rings is 1. The van der Waals surface area contributed by atoms with E-state index in [2.05, 4.69) is 32.8 Å². The first-order chi connectivity index (χ1) is 10.7. The van der Waals surface area contributed by atoms with Crippen molar-refractivity contribution in [3.8, 4) is 11.4 Å². The molecule has 0 unspecified atom stereocenters.